The average Bonchev–Trinajstić information content (AvgIpc) is 4.12. The Morgan fingerprint density at radius 3 is 1.72 bits per heavy atom. The third-order valence-electron chi connectivity index (χ3n) is 12.8. The number of fused-ring (bicyclic) bond motifs is 8. The number of aryl methyl sites for hydroxylation is 3. The van der Waals surface area contributed by atoms with E-state index in [2.05, 4.69) is 172 Å². The molecule has 0 saturated heterocycles. The maximum absolute atomic E-state index is 5.32. The van der Waals surface area contributed by atoms with Crippen LogP contribution in [0.5, 0.6) is 0 Å². The van der Waals surface area contributed by atoms with Gasteiger partial charge in [0.1, 0.15) is 0 Å². The Morgan fingerprint density at radius 1 is 0.541 bits per heavy atom. The number of aromatic amines is 1. The summed E-state index contributed by atoms with van der Waals surface area (Å²) >= 11 is 0. The lowest BCUT2D eigenvalue weighted by atomic mass is 10.1. The number of hydrogen-bond acceptors (Lipinski definition) is 5. The zero-order valence-corrected chi connectivity index (χ0v) is 36.9. The van der Waals surface area contributed by atoms with Crippen LogP contribution in [-0.2, 0) is 33.4 Å². The molecule has 61 heavy (non-hydrogen) atoms. The van der Waals surface area contributed by atoms with Crippen molar-refractivity contribution in [3.05, 3.63) is 146 Å². The summed E-state index contributed by atoms with van der Waals surface area (Å²) in [5.41, 5.74) is 24.3. The lowest BCUT2D eigenvalue weighted by Crippen LogP contribution is -2.11. The van der Waals surface area contributed by atoms with Gasteiger partial charge in [0.2, 0.25) is 0 Å². The number of nitrogens with one attached hydrogen (secondary N) is 2. The summed E-state index contributed by atoms with van der Waals surface area (Å²) < 4.78 is 4.70. The van der Waals surface area contributed by atoms with Gasteiger partial charge in [-0.15, -0.1) is 0 Å². The Kier molecular flexibility index (Phi) is 10.8. The first kappa shape index (κ1) is 39.9. The van der Waals surface area contributed by atoms with Gasteiger partial charge in [0.05, 0.1) is 62.3 Å². The molecule has 0 amide bonds. The van der Waals surface area contributed by atoms with E-state index in [4.69, 9.17) is 20.0 Å². The Balaban J connectivity index is 1.21. The van der Waals surface area contributed by atoms with Gasteiger partial charge >= 0.3 is 0 Å². The van der Waals surface area contributed by atoms with E-state index < -0.39 is 0 Å². The van der Waals surface area contributed by atoms with Crippen molar-refractivity contribution in [1.29, 1.82) is 0 Å². The molecule has 0 aliphatic carbocycles. The van der Waals surface area contributed by atoms with Crippen LogP contribution < -0.4 is 5.32 Å². The summed E-state index contributed by atoms with van der Waals surface area (Å²) in [5.74, 6) is 0. The maximum atomic E-state index is 5.32. The Hall–Kier alpha value is -6.54. The molecule has 9 heterocycles. The fourth-order valence-electron chi connectivity index (χ4n) is 9.65. The highest BCUT2D eigenvalue weighted by atomic mass is 15.0. The summed E-state index contributed by atoms with van der Waals surface area (Å²) in [6.07, 6.45) is 26.8. The number of nitrogens with zero attached hydrogens (tertiary/aromatic N) is 6. The van der Waals surface area contributed by atoms with E-state index in [0.29, 0.717) is 0 Å². The minimum Gasteiger partial charge on any atom is -0.381 e. The monoisotopic (exact) mass is 804 g/mol. The van der Waals surface area contributed by atoms with Gasteiger partial charge in [0, 0.05) is 82.0 Å². The van der Waals surface area contributed by atoms with E-state index in [1.807, 2.05) is 0 Å². The van der Waals surface area contributed by atoms with Crippen LogP contribution >= 0.6 is 0 Å². The number of H-pyrrole nitrogens is 1. The molecule has 0 saturated carbocycles. The molecule has 0 atom stereocenters. The first-order chi connectivity index (χ1) is 29.8. The fourth-order valence-corrected chi connectivity index (χ4v) is 9.65. The van der Waals surface area contributed by atoms with Crippen LogP contribution in [-0.4, -0.2) is 42.1 Å². The van der Waals surface area contributed by atoms with E-state index in [9.17, 15) is 0 Å². The summed E-state index contributed by atoms with van der Waals surface area (Å²) in [6, 6.07) is 13.5. The predicted molar refractivity (Wildman–Crippen MR) is 258 cm³/mol. The van der Waals surface area contributed by atoms with Gasteiger partial charge in [0.25, 0.3) is 0 Å². The van der Waals surface area contributed by atoms with Crippen molar-refractivity contribution < 1.29 is 0 Å². The zero-order chi connectivity index (χ0) is 42.4. The number of hydrogen-bond donors (Lipinski definition) is 2. The molecular weight excluding hydrogens is 749 g/mol. The largest absolute Gasteiger partial charge is 0.381 e. The van der Waals surface area contributed by atoms with Crippen molar-refractivity contribution in [3.63, 3.8) is 0 Å². The van der Waals surface area contributed by atoms with Crippen LogP contribution in [0.25, 0.3) is 63.2 Å². The highest BCUT2D eigenvalue weighted by Gasteiger charge is 2.23. The van der Waals surface area contributed by atoms with Crippen LogP contribution in [0.2, 0.25) is 0 Å². The van der Waals surface area contributed by atoms with E-state index in [-0.39, 0.29) is 0 Å². The van der Waals surface area contributed by atoms with Gasteiger partial charge in [-0.05, 0) is 130 Å². The lowest BCUT2D eigenvalue weighted by molar-refractivity contribution is 0.906. The van der Waals surface area contributed by atoms with Gasteiger partial charge in [-0.2, -0.15) is 0 Å². The first-order valence-corrected chi connectivity index (χ1v) is 22.2. The quantitative estimate of drug-likeness (QED) is 0.145. The molecule has 0 unspecified atom stereocenters. The third-order valence-corrected chi connectivity index (χ3v) is 12.8. The van der Waals surface area contributed by atoms with Crippen molar-refractivity contribution in [3.8, 4) is 11.3 Å². The maximum Gasteiger partial charge on any atom is 0.0691 e. The average molecular weight is 805 g/mol. The summed E-state index contributed by atoms with van der Waals surface area (Å²) in [6.45, 7) is 14.1. The van der Waals surface area contributed by atoms with Gasteiger partial charge in [-0.3, -0.25) is 0 Å². The second kappa shape index (κ2) is 16.5. The van der Waals surface area contributed by atoms with Crippen molar-refractivity contribution in [2.24, 2.45) is 24.1 Å². The summed E-state index contributed by atoms with van der Waals surface area (Å²) in [7, 11) is 4.38. The molecule has 4 aromatic heterocycles. The molecule has 5 aliphatic heterocycles. The van der Waals surface area contributed by atoms with E-state index >= 15 is 0 Å². The molecule has 9 rings (SSSR count). The minimum atomic E-state index is 0.836. The Bertz CT molecular complexity index is 2990. The SMILES string of the molecule is CC/C(C1=N/C(=C(/CC)c2ccc(-c3c4ccc([nH]4)c(CC)c4nc(c(CC)c5nc(c(CC)c6ccc3n6C)C=C5)C=C4)n2C)C=C1)=C1\C=CC(C(/CC)=C2/C=CCN2)=N1. The molecule has 308 valence electrons. The number of allylic oxidation sites excluding steroid dienone is 8. The molecule has 8 heteroatoms. The first-order valence-electron chi connectivity index (χ1n) is 22.2. The van der Waals surface area contributed by atoms with Crippen molar-refractivity contribution in [2.45, 2.75) is 80.1 Å². The van der Waals surface area contributed by atoms with E-state index in [0.717, 1.165) is 130 Å². The molecule has 8 nitrogen and oxygen atoms in total. The van der Waals surface area contributed by atoms with E-state index in [1.165, 1.54) is 39.1 Å². The fraction of sp³-hybridized carbons (Fsp3) is 0.283. The van der Waals surface area contributed by atoms with Crippen molar-refractivity contribution in [2.75, 3.05) is 6.54 Å². The van der Waals surface area contributed by atoms with Crippen LogP contribution in [0, 0.1) is 0 Å². The summed E-state index contributed by atoms with van der Waals surface area (Å²) in [5, 5.41) is 3.49. The molecule has 2 N–H and O–H groups in total. The third kappa shape index (κ3) is 6.88. The molecule has 0 radical (unpaired) electrons. The highest BCUT2D eigenvalue weighted by Crippen LogP contribution is 2.37. The number of aliphatic imine (C=N–C) groups is 2. The molecule has 0 aromatic carbocycles. The zero-order valence-electron chi connectivity index (χ0n) is 36.9. The number of aromatic nitrogens is 5. The molecule has 0 fully saturated rings. The van der Waals surface area contributed by atoms with Crippen LogP contribution in [0.1, 0.15) is 106 Å². The molecular formula is C53H56N8. The number of rotatable bonds is 10. The topological polar surface area (TPSA) is 88.2 Å². The van der Waals surface area contributed by atoms with Gasteiger partial charge < -0.3 is 19.4 Å². The van der Waals surface area contributed by atoms with E-state index in [1.54, 1.807) is 0 Å². The Labute approximate surface area is 359 Å². The normalized spacial score (nSPS) is 17.8. The minimum absolute atomic E-state index is 0.836. The lowest BCUT2D eigenvalue weighted by Gasteiger charge is -2.13. The van der Waals surface area contributed by atoms with Crippen LogP contribution in [0.3, 0.4) is 0 Å². The molecule has 8 bridgehead atoms. The molecule has 5 aliphatic rings. The second-order valence-corrected chi connectivity index (χ2v) is 16.0. The van der Waals surface area contributed by atoms with Gasteiger partial charge in [-0.25, -0.2) is 20.0 Å². The molecule has 4 aromatic rings. The smallest absolute Gasteiger partial charge is 0.0691 e. The highest BCUT2D eigenvalue weighted by molar-refractivity contribution is 6.15. The molecule has 0 spiro atoms. The van der Waals surface area contributed by atoms with Gasteiger partial charge in [-0.1, -0.05) is 47.6 Å². The van der Waals surface area contributed by atoms with Crippen molar-refractivity contribution in [1.82, 2.24) is 29.4 Å². The van der Waals surface area contributed by atoms with Crippen LogP contribution in [0.15, 0.2) is 111 Å². The van der Waals surface area contributed by atoms with Gasteiger partial charge in [0.15, 0.2) is 0 Å². The second-order valence-electron chi connectivity index (χ2n) is 16.0. The van der Waals surface area contributed by atoms with Crippen LogP contribution in [0.4, 0.5) is 0 Å². The van der Waals surface area contributed by atoms with Crippen molar-refractivity contribution >= 4 is 63.4 Å². The summed E-state index contributed by atoms with van der Waals surface area (Å²) in [4.78, 5) is 24.8. The predicted octanol–water partition coefficient (Wildman–Crippen LogP) is 12.0. The standard InChI is InChI=1S/C53H56N8/c1-9-32(38-16-15-31-54-38)39-17-18-40(55-39)33(10-2)43-21-23-46(57-43)36(13-5)49-27-29-51(60(49)7)53-48-26-25-45(59-48)35(12-4)42-20-19-41(56-42)34(11-3)44-22-24-47(58-44)37(14-6)50-28-30-52(53)61(50)8/h15-30,54,59H,9-14,31H2,1-8H3/b38-32-,40-33-,41-34?,42-35?,44-34?,45-35?,46-36-,47-37?,50-37?,53-48?,53-52?. The Morgan fingerprint density at radius 2 is 1.11 bits per heavy atom.